The number of carbonyl (C=O) groups excluding carboxylic acids is 2. The van der Waals surface area contributed by atoms with E-state index >= 15 is 0 Å². The second kappa shape index (κ2) is 7.85. The summed E-state index contributed by atoms with van der Waals surface area (Å²) >= 11 is 0. The minimum Gasteiger partial charge on any atom is -0.489 e. The van der Waals surface area contributed by atoms with Gasteiger partial charge in [0.2, 0.25) is 5.91 Å². The Morgan fingerprint density at radius 3 is 2.63 bits per heavy atom. The highest BCUT2D eigenvalue weighted by Gasteiger charge is 2.54. The first-order valence-corrected chi connectivity index (χ1v) is 12.2. The molecule has 9 nitrogen and oxygen atoms in total. The van der Waals surface area contributed by atoms with E-state index in [4.69, 9.17) is 18.9 Å². The average molecular weight is 511 g/mol. The quantitative estimate of drug-likeness (QED) is 0.415. The number of carboxylic acid groups (broad SMARTS) is 1. The molecule has 3 aromatic carbocycles. The van der Waals surface area contributed by atoms with Crippen LogP contribution in [0.1, 0.15) is 39.0 Å². The molecule has 0 aliphatic carbocycles. The number of amides is 1. The highest BCUT2D eigenvalue weighted by atomic mass is 16.6. The zero-order valence-electron chi connectivity index (χ0n) is 20.2. The lowest BCUT2D eigenvalue weighted by atomic mass is 9.77. The molecule has 1 spiro atoms. The Hall–Kier alpha value is -4.79. The third-order valence-electron chi connectivity index (χ3n) is 7.38. The Labute approximate surface area is 216 Å². The standard InChI is InChI=1S/C29H21NO8/c1-15-6-8-19-22(12-15)36-23-13-16(35-11-10-21-26(27(32)33)30-24(31)14-25(30)37-21)7-9-20(23)29(19)18-5-3-2-4-17(18)28(34)38-29/h2-10,12-13,25-26H,11,14H2,1H3,(H,32,33)/b21-10-. The van der Waals surface area contributed by atoms with E-state index in [9.17, 15) is 19.5 Å². The van der Waals surface area contributed by atoms with E-state index < -0.39 is 29.8 Å². The summed E-state index contributed by atoms with van der Waals surface area (Å²) < 4.78 is 23.9. The van der Waals surface area contributed by atoms with Gasteiger partial charge in [0.15, 0.2) is 17.9 Å². The summed E-state index contributed by atoms with van der Waals surface area (Å²) in [5.41, 5.74) is 2.50. The van der Waals surface area contributed by atoms with Gasteiger partial charge in [0, 0.05) is 22.8 Å². The SMILES string of the molecule is Cc1ccc2c(c1)Oc1cc(OC/C=C3\OC4CC(=O)N4C3C(=O)O)ccc1C21OC(=O)c2ccccc21. The molecule has 190 valence electrons. The van der Waals surface area contributed by atoms with E-state index in [1.807, 2.05) is 49.4 Å². The molecule has 3 atom stereocenters. The number of aryl methyl sites for hydroxylation is 1. The van der Waals surface area contributed by atoms with Gasteiger partial charge in [-0.25, -0.2) is 9.59 Å². The molecular formula is C29H21NO8. The molecule has 1 amide bonds. The number of ether oxygens (including phenoxy) is 4. The summed E-state index contributed by atoms with van der Waals surface area (Å²) in [5.74, 6) is -0.0993. The molecule has 2 fully saturated rings. The Balaban J connectivity index is 1.23. The molecule has 3 unspecified atom stereocenters. The Kier molecular flexibility index (Phi) is 4.63. The van der Waals surface area contributed by atoms with Crippen LogP contribution in [0.3, 0.4) is 0 Å². The topological polar surface area (TPSA) is 112 Å². The summed E-state index contributed by atoms with van der Waals surface area (Å²) in [7, 11) is 0. The van der Waals surface area contributed by atoms with Crippen LogP contribution in [0.25, 0.3) is 0 Å². The molecule has 0 aromatic heterocycles. The van der Waals surface area contributed by atoms with Crippen LogP contribution in [-0.2, 0) is 24.7 Å². The van der Waals surface area contributed by atoms with Crippen molar-refractivity contribution < 1.29 is 38.4 Å². The van der Waals surface area contributed by atoms with Gasteiger partial charge in [-0.1, -0.05) is 30.3 Å². The van der Waals surface area contributed by atoms with Crippen molar-refractivity contribution in [3.63, 3.8) is 0 Å². The maximum atomic E-state index is 12.9. The van der Waals surface area contributed by atoms with E-state index in [2.05, 4.69) is 0 Å². The van der Waals surface area contributed by atoms with Crippen molar-refractivity contribution in [2.75, 3.05) is 6.61 Å². The van der Waals surface area contributed by atoms with Crippen LogP contribution in [-0.4, -0.2) is 46.7 Å². The number of carboxylic acids is 1. The van der Waals surface area contributed by atoms with E-state index in [-0.39, 0.29) is 24.7 Å². The van der Waals surface area contributed by atoms with Crippen LogP contribution in [0.2, 0.25) is 0 Å². The van der Waals surface area contributed by atoms with Gasteiger partial charge in [0.05, 0.1) is 12.0 Å². The fourth-order valence-electron chi connectivity index (χ4n) is 5.64. The minimum absolute atomic E-state index is 0.0192. The highest BCUT2D eigenvalue weighted by molar-refractivity contribution is 5.97. The fourth-order valence-corrected chi connectivity index (χ4v) is 5.64. The normalized spacial score (nSPS) is 25.0. The number of β-lactam (4-membered cyclic amide) rings is 1. The predicted molar refractivity (Wildman–Crippen MR) is 131 cm³/mol. The molecule has 2 saturated heterocycles. The number of hydrogen-bond donors (Lipinski definition) is 1. The number of carbonyl (C=O) groups is 3. The van der Waals surface area contributed by atoms with Crippen LogP contribution in [0.15, 0.2) is 72.5 Å². The lowest BCUT2D eigenvalue weighted by molar-refractivity contribution is -0.163. The van der Waals surface area contributed by atoms with E-state index in [0.717, 1.165) is 16.7 Å². The van der Waals surface area contributed by atoms with Gasteiger partial charge in [-0.3, -0.25) is 9.69 Å². The molecule has 9 heteroatoms. The molecule has 1 N–H and O–H groups in total. The number of benzene rings is 3. The van der Waals surface area contributed by atoms with Crippen molar-refractivity contribution in [3.8, 4) is 17.2 Å². The summed E-state index contributed by atoms with van der Waals surface area (Å²) in [6.45, 7) is 1.98. The lowest BCUT2D eigenvalue weighted by Gasteiger charge is -2.36. The van der Waals surface area contributed by atoms with Gasteiger partial charge in [0.1, 0.15) is 29.6 Å². The first-order chi connectivity index (χ1) is 18.4. The van der Waals surface area contributed by atoms with Crippen molar-refractivity contribution in [1.82, 2.24) is 4.90 Å². The second-order valence-electron chi connectivity index (χ2n) is 9.61. The van der Waals surface area contributed by atoms with Crippen LogP contribution < -0.4 is 9.47 Å². The molecule has 4 aliphatic rings. The van der Waals surface area contributed by atoms with E-state index in [0.29, 0.717) is 28.4 Å². The first kappa shape index (κ1) is 22.4. The van der Waals surface area contributed by atoms with Crippen LogP contribution in [0, 0.1) is 6.92 Å². The third kappa shape index (κ3) is 3.01. The molecular weight excluding hydrogens is 490 g/mol. The Morgan fingerprint density at radius 2 is 1.84 bits per heavy atom. The number of aliphatic carboxylic acids is 1. The maximum absolute atomic E-state index is 12.9. The molecule has 4 heterocycles. The monoisotopic (exact) mass is 511 g/mol. The molecule has 4 aliphatic heterocycles. The molecule has 3 aromatic rings. The second-order valence-corrected chi connectivity index (χ2v) is 9.61. The van der Waals surface area contributed by atoms with Gasteiger partial charge >= 0.3 is 11.9 Å². The van der Waals surface area contributed by atoms with E-state index in [1.54, 1.807) is 18.2 Å². The molecule has 0 bridgehead atoms. The fraction of sp³-hybridized carbons (Fsp3) is 0.207. The van der Waals surface area contributed by atoms with Crippen molar-refractivity contribution >= 4 is 17.8 Å². The molecule has 38 heavy (non-hydrogen) atoms. The van der Waals surface area contributed by atoms with Gasteiger partial charge < -0.3 is 24.1 Å². The highest BCUT2D eigenvalue weighted by Crippen LogP contribution is 2.56. The number of fused-ring (bicyclic) bond motifs is 7. The summed E-state index contributed by atoms with van der Waals surface area (Å²) in [5, 5.41) is 9.55. The number of nitrogens with zero attached hydrogens (tertiary/aromatic N) is 1. The van der Waals surface area contributed by atoms with Gasteiger partial charge in [-0.15, -0.1) is 0 Å². The number of hydrogen-bond acceptors (Lipinski definition) is 7. The largest absolute Gasteiger partial charge is 0.489 e. The average Bonchev–Trinajstić information content (AvgIpc) is 3.36. The number of esters is 1. The summed E-state index contributed by atoms with van der Waals surface area (Å²) in [6.07, 6.45) is 1.16. The van der Waals surface area contributed by atoms with Crippen LogP contribution in [0.5, 0.6) is 17.2 Å². The van der Waals surface area contributed by atoms with Crippen molar-refractivity contribution in [2.45, 2.75) is 31.2 Å². The summed E-state index contributed by atoms with van der Waals surface area (Å²) in [4.78, 5) is 37.6. The van der Waals surface area contributed by atoms with Crippen molar-refractivity contribution in [1.29, 1.82) is 0 Å². The molecule has 7 rings (SSSR count). The van der Waals surface area contributed by atoms with Crippen molar-refractivity contribution in [2.24, 2.45) is 0 Å². The molecule has 0 radical (unpaired) electrons. The summed E-state index contributed by atoms with van der Waals surface area (Å²) in [6, 6.07) is 17.3. The Bertz CT molecular complexity index is 1590. The number of rotatable bonds is 4. The van der Waals surface area contributed by atoms with Gasteiger partial charge in [0.25, 0.3) is 0 Å². The minimum atomic E-state index is -1.16. The zero-order valence-corrected chi connectivity index (χ0v) is 20.2. The molecule has 0 saturated carbocycles. The Morgan fingerprint density at radius 1 is 1.08 bits per heavy atom. The lowest BCUT2D eigenvalue weighted by Crippen LogP contribution is -2.54. The van der Waals surface area contributed by atoms with E-state index in [1.165, 1.54) is 11.0 Å². The van der Waals surface area contributed by atoms with Crippen molar-refractivity contribution in [3.05, 3.63) is 100 Å². The predicted octanol–water partition coefficient (Wildman–Crippen LogP) is 3.87. The first-order valence-electron chi connectivity index (χ1n) is 12.2. The zero-order chi connectivity index (χ0) is 26.2. The van der Waals surface area contributed by atoms with Crippen LogP contribution >= 0.6 is 0 Å². The third-order valence-corrected chi connectivity index (χ3v) is 7.38. The van der Waals surface area contributed by atoms with Crippen LogP contribution in [0.4, 0.5) is 0 Å². The van der Waals surface area contributed by atoms with Gasteiger partial charge in [-0.2, -0.15) is 0 Å². The smallest absolute Gasteiger partial charge is 0.340 e. The van der Waals surface area contributed by atoms with Gasteiger partial charge in [-0.05, 0) is 42.8 Å². The maximum Gasteiger partial charge on any atom is 0.340 e.